The predicted octanol–water partition coefficient (Wildman–Crippen LogP) is 0.357. The molecule has 0 aliphatic heterocycles. The molecule has 0 saturated heterocycles. The molecule has 0 aliphatic carbocycles. The molecule has 1 aromatic heterocycles. The lowest BCUT2D eigenvalue weighted by Gasteiger charge is -1.96. The lowest BCUT2D eigenvalue weighted by molar-refractivity contribution is 0.410. The molecule has 4 nitrogen and oxygen atoms in total. The Morgan fingerprint density at radius 3 is 3.00 bits per heavy atom. The molecule has 1 heterocycles. The molecule has 4 heteroatoms. The summed E-state index contributed by atoms with van der Waals surface area (Å²) in [4.78, 5) is 0. The topological polar surface area (TPSA) is 58.8 Å². The molecule has 50 valence electrons. The molecular weight excluding hydrogens is 130 g/mol. The summed E-state index contributed by atoms with van der Waals surface area (Å²) in [5, 5.41) is 15.5. The van der Waals surface area contributed by atoms with Crippen molar-refractivity contribution in [2.45, 2.75) is 0 Å². The van der Waals surface area contributed by atoms with E-state index in [4.69, 9.17) is 10.00 Å². The van der Waals surface area contributed by atoms with Crippen molar-refractivity contribution in [3.63, 3.8) is 0 Å². The molecule has 1 aromatic rings. The van der Waals surface area contributed by atoms with Crippen LogP contribution in [0.4, 0.5) is 0 Å². The zero-order valence-corrected chi connectivity index (χ0v) is 5.40. The van der Waals surface area contributed by atoms with Gasteiger partial charge in [0.15, 0.2) is 5.75 Å². The minimum atomic E-state index is 0.213. The highest BCUT2D eigenvalue weighted by atomic mass is 16.5. The molecule has 0 aromatic carbocycles. The minimum Gasteiger partial charge on any atom is -0.494 e. The van der Waals surface area contributed by atoms with Gasteiger partial charge in [-0.25, -0.2) is 0 Å². The first-order valence-corrected chi connectivity index (χ1v) is 2.64. The van der Waals surface area contributed by atoms with Crippen LogP contribution in [0.1, 0.15) is 5.69 Å². The number of hydrogen-bond donors (Lipinski definition) is 0. The van der Waals surface area contributed by atoms with Gasteiger partial charge >= 0.3 is 0 Å². The van der Waals surface area contributed by atoms with E-state index < -0.39 is 0 Å². The summed E-state index contributed by atoms with van der Waals surface area (Å²) in [6.07, 6.45) is 1.47. The van der Waals surface area contributed by atoms with Gasteiger partial charge in [0.1, 0.15) is 6.07 Å². The summed E-state index contributed by atoms with van der Waals surface area (Å²) >= 11 is 0. The summed E-state index contributed by atoms with van der Waals surface area (Å²) in [7, 11) is 1.48. The zero-order chi connectivity index (χ0) is 7.40. The average molecular weight is 135 g/mol. The summed E-state index contributed by atoms with van der Waals surface area (Å²) in [5.41, 5.74) is 0.213. The van der Waals surface area contributed by atoms with E-state index in [0.29, 0.717) is 5.75 Å². The Hall–Kier alpha value is -1.63. The van der Waals surface area contributed by atoms with Gasteiger partial charge in [0, 0.05) is 6.07 Å². The molecule has 0 spiro atoms. The standard InChI is InChI=1S/C6H5N3O/c1-10-6-2-3-8-9-5(6)4-7/h2-3H,1H3. The van der Waals surface area contributed by atoms with Gasteiger partial charge in [-0.2, -0.15) is 10.4 Å². The predicted molar refractivity (Wildman–Crippen MR) is 33.3 cm³/mol. The van der Waals surface area contributed by atoms with Crippen molar-refractivity contribution in [2.24, 2.45) is 0 Å². The van der Waals surface area contributed by atoms with Crippen LogP contribution in [-0.4, -0.2) is 17.3 Å². The second kappa shape index (κ2) is 2.78. The number of aromatic nitrogens is 2. The average Bonchev–Trinajstić information content (AvgIpc) is 2.04. The molecule has 0 bridgehead atoms. The van der Waals surface area contributed by atoms with Crippen LogP contribution in [0.15, 0.2) is 12.3 Å². The van der Waals surface area contributed by atoms with E-state index >= 15 is 0 Å². The van der Waals surface area contributed by atoms with Crippen molar-refractivity contribution in [1.29, 1.82) is 5.26 Å². The van der Waals surface area contributed by atoms with Gasteiger partial charge in [0.2, 0.25) is 5.69 Å². The zero-order valence-electron chi connectivity index (χ0n) is 5.40. The quantitative estimate of drug-likeness (QED) is 0.557. The first kappa shape index (κ1) is 6.49. The van der Waals surface area contributed by atoms with Gasteiger partial charge in [-0.3, -0.25) is 0 Å². The summed E-state index contributed by atoms with van der Waals surface area (Å²) in [5.74, 6) is 0.456. The smallest absolute Gasteiger partial charge is 0.204 e. The maximum absolute atomic E-state index is 8.42. The van der Waals surface area contributed by atoms with E-state index in [-0.39, 0.29) is 5.69 Å². The monoisotopic (exact) mass is 135 g/mol. The molecule has 0 fully saturated rings. The van der Waals surface area contributed by atoms with Crippen LogP contribution >= 0.6 is 0 Å². The van der Waals surface area contributed by atoms with Crippen LogP contribution in [0.25, 0.3) is 0 Å². The maximum atomic E-state index is 8.42. The second-order valence-electron chi connectivity index (χ2n) is 1.56. The first-order chi connectivity index (χ1) is 4.88. The molecular formula is C6H5N3O. The molecule has 0 unspecified atom stereocenters. The second-order valence-corrected chi connectivity index (χ2v) is 1.56. The Bertz CT molecular complexity index is 266. The van der Waals surface area contributed by atoms with Gasteiger partial charge in [0.05, 0.1) is 13.3 Å². The Morgan fingerprint density at radius 1 is 1.70 bits per heavy atom. The minimum absolute atomic E-state index is 0.213. The highest BCUT2D eigenvalue weighted by Crippen LogP contribution is 2.10. The molecule has 0 atom stereocenters. The lowest BCUT2D eigenvalue weighted by atomic mass is 10.4. The van der Waals surface area contributed by atoms with Gasteiger partial charge < -0.3 is 4.74 Å². The van der Waals surface area contributed by atoms with Crippen LogP contribution in [0, 0.1) is 11.3 Å². The van der Waals surface area contributed by atoms with Crippen LogP contribution in [0.5, 0.6) is 5.75 Å². The molecule has 0 N–H and O–H groups in total. The third-order valence-corrected chi connectivity index (χ3v) is 1.01. The summed E-state index contributed by atoms with van der Waals surface area (Å²) in [6.45, 7) is 0. The van der Waals surface area contributed by atoms with E-state index in [2.05, 4.69) is 10.2 Å². The van der Waals surface area contributed by atoms with Crippen molar-refractivity contribution in [3.8, 4) is 11.8 Å². The molecule has 10 heavy (non-hydrogen) atoms. The lowest BCUT2D eigenvalue weighted by Crippen LogP contribution is -1.91. The van der Waals surface area contributed by atoms with Crippen molar-refractivity contribution < 1.29 is 4.74 Å². The molecule has 1 rings (SSSR count). The highest BCUT2D eigenvalue weighted by molar-refractivity contribution is 5.34. The number of methoxy groups -OCH3 is 1. The fraction of sp³-hybridized carbons (Fsp3) is 0.167. The fourth-order valence-electron chi connectivity index (χ4n) is 0.562. The van der Waals surface area contributed by atoms with Gasteiger partial charge in [-0.1, -0.05) is 0 Å². The van der Waals surface area contributed by atoms with Crippen LogP contribution in [0.2, 0.25) is 0 Å². The number of rotatable bonds is 1. The van der Waals surface area contributed by atoms with Gasteiger partial charge in [-0.05, 0) is 0 Å². The van der Waals surface area contributed by atoms with E-state index in [1.165, 1.54) is 13.3 Å². The Morgan fingerprint density at radius 2 is 2.50 bits per heavy atom. The number of nitriles is 1. The fourth-order valence-corrected chi connectivity index (χ4v) is 0.562. The largest absolute Gasteiger partial charge is 0.494 e. The van der Waals surface area contributed by atoms with Crippen molar-refractivity contribution in [2.75, 3.05) is 7.11 Å². The van der Waals surface area contributed by atoms with Crippen molar-refractivity contribution in [3.05, 3.63) is 18.0 Å². The van der Waals surface area contributed by atoms with E-state index in [9.17, 15) is 0 Å². The van der Waals surface area contributed by atoms with Crippen LogP contribution in [0.3, 0.4) is 0 Å². The number of nitrogens with zero attached hydrogens (tertiary/aromatic N) is 3. The normalized spacial score (nSPS) is 8.40. The van der Waals surface area contributed by atoms with Crippen LogP contribution < -0.4 is 4.74 Å². The van der Waals surface area contributed by atoms with E-state index in [1.54, 1.807) is 6.07 Å². The van der Waals surface area contributed by atoms with Crippen LogP contribution in [-0.2, 0) is 0 Å². The summed E-state index contributed by atoms with van der Waals surface area (Å²) in [6, 6.07) is 3.44. The van der Waals surface area contributed by atoms with Gasteiger partial charge in [0.25, 0.3) is 0 Å². The summed E-state index contributed by atoms with van der Waals surface area (Å²) < 4.78 is 4.81. The Labute approximate surface area is 58.1 Å². The number of ether oxygens (including phenoxy) is 1. The van der Waals surface area contributed by atoms with E-state index in [1.807, 2.05) is 6.07 Å². The Balaban J connectivity index is 3.12. The molecule has 0 aliphatic rings. The third kappa shape index (κ3) is 1.03. The van der Waals surface area contributed by atoms with Gasteiger partial charge in [-0.15, -0.1) is 5.10 Å². The first-order valence-electron chi connectivity index (χ1n) is 2.64. The third-order valence-electron chi connectivity index (χ3n) is 1.01. The maximum Gasteiger partial charge on any atom is 0.204 e. The SMILES string of the molecule is COc1ccnnc1C#N. The molecule has 0 saturated carbocycles. The molecule has 0 radical (unpaired) electrons. The van der Waals surface area contributed by atoms with Crippen molar-refractivity contribution >= 4 is 0 Å². The number of hydrogen-bond acceptors (Lipinski definition) is 4. The van der Waals surface area contributed by atoms with Crippen molar-refractivity contribution in [1.82, 2.24) is 10.2 Å². The molecule has 0 amide bonds. The highest BCUT2D eigenvalue weighted by Gasteiger charge is 1.99. The van der Waals surface area contributed by atoms with E-state index in [0.717, 1.165) is 0 Å². The Kier molecular flexibility index (Phi) is 1.80.